The number of halogens is 3. The third-order valence-electron chi connectivity index (χ3n) is 6.01. The maximum absolute atomic E-state index is 14.8. The molecule has 0 radical (unpaired) electrons. The molecule has 0 unspecified atom stereocenters. The van der Waals surface area contributed by atoms with Crippen molar-refractivity contribution in [3.8, 4) is 21.8 Å². The molecule has 0 bridgehead atoms. The SMILES string of the molecule is Nc1nccc(-c2sc(C3CCOCC3)nc2-c2ccc(F)c(CS(=O)(=O)c3cc(F)ccc3F)c2)n1. The zero-order valence-corrected chi connectivity index (χ0v) is 21.0. The number of aromatic nitrogens is 3. The lowest BCUT2D eigenvalue weighted by Crippen LogP contribution is -2.13. The number of nitrogens with zero attached hydrogens (tertiary/aromatic N) is 3. The Morgan fingerprint density at radius 2 is 1.76 bits per heavy atom. The molecule has 37 heavy (non-hydrogen) atoms. The van der Waals surface area contributed by atoms with Gasteiger partial charge in [0.1, 0.15) is 22.3 Å². The molecule has 7 nitrogen and oxygen atoms in total. The van der Waals surface area contributed by atoms with Gasteiger partial charge in [-0.1, -0.05) is 0 Å². The summed E-state index contributed by atoms with van der Waals surface area (Å²) in [5, 5.41) is 0.853. The summed E-state index contributed by atoms with van der Waals surface area (Å²) in [6.45, 7) is 1.23. The number of benzene rings is 2. The predicted molar refractivity (Wildman–Crippen MR) is 133 cm³/mol. The third kappa shape index (κ3) is 5.36. The Labute approximate surface area is 215 Å². The number of nitrogens with two attached hydrogens (primary N) is 1. The van der Waals surface area contributed by atoms with Crippen LogP contribution in [0.25, 0.3) is 21.8 Å². The Kier molecular flexibility index (Phi) is 6.97. The first kappa shape index (κ1) is 25.3. The third-order valence-corrected chi connectivity index (χ3v) is 8.93. The van der Waals surface area contributed by atoms with E-state index in [1.807, 2.05) is 0 Å². The molecule has 0 amide bonds. The van der Waals surface area contributed by atoms with Gasteiger partial charge >= 0.3 is 0 Å². The zero-order chi connectivity index (χ0) is 26.2. The van der Waals surface area contributed by atoms with Gasteiger partial charge in [-0.2, -0.15) is 0 Å². The Hall–Kier alpha value is -3.35. The molecule has 5 rings (SSSR count). The summed E-state index contributed by atoms with van der Waals surface area (Å²) in [5.74, 6) is -3.43. The minimum atomic E-state index is -4.39. The standard InChI is InChI=1S/C25H21F3N4O3S2/c26-17-2-4-19(28)21(12-17)37(33,34)13-16-11-15(1-3-18(16)27)22-23(20-5-8-30-25(29)31-20)36-24(32-22)14-6-9-35-10-7-14/h1-5,8,11-12,14H,6-7,9-10,13H2,(H2,29,30,31). The van der Waals surface area contributed by atoms with E-state index in [4.69, 9.17) is 15.5 Å². The largest absolute Gasteiger partial charge is 0.381 e. The number of hydrogen-bond donors (Lipinski definition) is 1. The molecule has 0 aliphatic carbocycles. The first-order valence-electron chi connectivity index (χ1n) is 11.4. The van der Waals surface area contributed by atoms with E-state index < -0.39 is 37.9 Å². The molecular weight excluding hydrogens is 525 g/mol. The van der Waals surface area contributed by atoms with Gasteiger partial charge in [0.05, 0.1) is 27.0 Å². The fraction of sp³-hybridized carbons (Fsp3) is 0.240. The van der Waals surface area contributed by atoms with E-state index in [1.165, 1.54) is 29.7 Å². The molecule has 1 saturated heterocycles. The van der Waals surface area contributed by atoms with E-state index in [0.29, 0.717) is 41.1 Å². The van der Waals surface area contributed by atoms with Crippen LogP contribution in [-0.4, -0.2) is 36.6 Å². The van der Waals surface area contributed by atoms with E-state index >= 15 is 0 Å². The molecule has 192 valence electrons. The summed E-state index contributed by atoms with van der Waals surface area (Å²) in [5.41, 5.74) is 7.06. The van der Waals surface area contributed by atoms with Gasteiger partial charge in [0, 0.05) is 36.5 Å². The Morgan fingerprint density at radius 1 is 1.00 bits per heavy atom. The number of anilines is 1. The van der Waals surface area contributed by atoms with Crippen molar-refractivity contribution in [3.05, 3.63) is 76.7 Å². The highest BCUT2D eigenvalue weighted by atomic mass is 32.2. The number of sulfone groups is 1. The quantitative estimate of drug-likeness (QED) is 0.357. The average Bonchev–Trinajstić information content (AvgIpc) is 3.33. The molecule has 0 atom stereocenters. The highest BCUT2D eigenvalue weighted by Gasteiger charge is 2.26. The van der Waals surface area contributed by atoms with E-state index in [-0.39, 0.29) is 17.4 Å². The molecule has 3 heterocycles. The van der Waals surface area contributed by atoms with Gasteiger partial charge in [-0.15, -0.1) is 11.3 Å². The van der Waals surface area contributed by atoms with Crippen molar-refractivity contribution < 1.29 is 26.3 Å². The smallest absolute Gasteiger partial charge is 0.220 e. The molecule has 0 saturated carbocycles. The van der Waals surface area contributed by atoms with Crippen molar-refractivity contribution in [2.24, 2.45) is 0 Å². The molecule has 2 N–H and O–H groups in total. The van der Waals surface area contributed by atoms with Crippen LogP contribution in [0.1, 0.15) is 29.3 Å². The van der Waals surface area contributed by atoms with Crippen LogP contribution in [-0.2, 0) is 20.3 Å². The first-order chi connectivity index (χ1) is 17.7. The number of hydrogen-bond acceptors (Lipinski definition) is 8. The fourth-order valence-electron chi connectivity index (χ4n) is 4.16. The number of thiazole rings is 1. The summed E-state index contributed by atoms with van der Waals surface area (Å²) in [6, 6.07) is 7.80. The molecule has 2 aromatic carbocycles. The topological polar surface area (TPSA) is 108 Å². The number of rotatable bonds is 6. The van der Waals surface area contributed by atoms with Gasteiger partial charge in [0.2, 0.25) is 5.95 Å². The minimum absolute atomic E-state index is 0.0764. The maximum atomic E-state index is 14.8. The number of ether oxygens (including phenoxy) is 1. The minimum Gasteiger partial charge on any atom is -0.381 e. The van der Waals surface area contributed by atoms with Gasteiger partial charge in [0.15, 0.2) is 9.84 Å². The second-order valence-corrected chi connectivity index (χ2v) is 11.5. The van der Waals surface area contributed by atoms with Gasteiger partial charge in [-0.3, -0.25) is 0 Å². The monoisotopic (exact) mass is 546 g/mol. The lowest BCUT2D eigenvalue weighted by Gasteiger charge is -2.19. The molecule has 4 aromatic rings. The molecule has 1 aliphatic rings. The first-order valence-corrected chi connectivity index (χ1v) is 13.8. The summed E-state index contributed by atoms with van der Waals surface area (Å²) in [6.07, 6.45) is 3.11. The Balaban J connectivity index is 1.58. The van der Waals surface area contributed by atoms with Gasteiger partial charge in [-0.25, -0.2) is 36.5 Å². The summed E-state index contributed by atoms with van der Waals surface area (Å²) in [7, 11) is -4.39. The molecule has 0 spiro atoms. The van der Waals surface area contributed by atoms with Gasteiger partial charge in [-0.05, 0) is 55.3 Å². The van der Waals surface area contributed by atoms with Crippen LogP contribution in [0.5, 0.6) is 0 Å². The lowest BCUT2D eigenvalue weighted by atomic mass is 10.0. The van der Waals surface area contributed by atoms with E-state index in [0.717, 1.165) is 36.0 Å². The van der Waals surface area contributed by atoms with E-state index in [2.05, 4.69) is 9.97 Å². The molecule has 1 aliphatic heterocycles. The molecule has 1 fully saturated rings. The number of nitrogen functional groups attached to an aromatic ring is 1. The molecule has 2 aromatic heterocycles. The second-order valence-electron chi connectivity index (χ2n) is 8.56. The van der Waals surface area contributed by atoms with Crippen LogP contribution in [0.15, 0.2) is 53.6 Å². The molecule has 12 heteroatoms. The van der Waals surface area contributed by atoms with Gasteiger partial charge < -0.3 is 10.5 Å². The van der Waals surface area contributed by atoms with Crippen molar-refractivity contribution in [2.45, 2.75) is 29.4 Å². The van der Waals surface area contributed by atoms with Crippen molar-refractivity contribution in [1.29, 1.82) is 0 Å². The normalized spacial score (nSPS) is 14.7. The van der Waals surface area contributed by atoms with E-state index in [9.17, 15) is 21.6 Å². The van der Waals surface area contributed by atoms with E-state index in [1.54, 1.807) is 6.07 Å². The zero-order valence-electron chi connectivity index (χ0n) is 19.3. The van der Waals surface area contributed by atoms with Crippen molar-refractivity contribution in [3.63, 3.8) is 0 Å². The lowest BCUT2D eigenvalue weighted by molar-refractivity contribution is 0.0853. The van der Waals surface area contributed by atoms with Crippen LogP contribution >= 0.6 is 11.3 Å². The highest BCUT2D eigenvalue weighted by molar-refractivity contribution is 7.90. The Morgan fingerprint density at radius 3 is 2.51 bits per heavy atom. The van der Waals surface area contributed by atoms with Crippen LogP contribution in [0.3, 0.4) is 0 Å². The Bertz CT molecular complexity index is 1570. The van der Waals surface area contributed by atoms with Crippen LogP contribution in [0.4, 0.5) is 19.1 Å². The highest BCUT2D eigenvalue weighted by Crippen LogP contribution is 2.41. The van der Waals surface area contributed by atoms with Crippen LogP contribution in [0, 0.1) is 17.5 Å². The van der Waals surface area contributed by atoms with Crippen molar-refractivity contribution in [1.82, 2.24) is 15.0 Å². The van der Waals surface area contributed by atoms with Crippen LogP contribution < -0.4 is 5.73 Å². The van der Waals surface area contributed by atoms with Gasteiger partial charge in [0.25, 0.3) is 0 Å². The average molecular weight is 547 g/mol. The summed E-state index contributed by atoms with van der Waals surface area (Å²) >= 11 is 1.43. The van der Waals surface area contributed by atoms with Crippen molar-refractivity contribution in [2.75, 3.05) is 18.9 Å². The summed E-state index contributed by atoms with van der Waals surface area (Å²) < 4.78 is 73.8. The van der Waals surface area contributed by atoms with Crippen molar-refractivity contribution >= 4 is 27.1 Å². The second kappa shape index (κ2) is 10.2. The fourth-order valence-corrected chi connectivity index (χ4v) is 6.83. The predicted octanol–water partition coefficient (Wildman–Crippen LogP) is 5.13. The maximum Gasteiger partial charge on any atom is 0.220 e. The summed E-state index contributed by atoms with van der Waals surface area (Å²) in [4.78, 5) is 12.9. The molecular formula is C25H21F3N4O3S2. The van der Waals surface area contributed by atoms with Crippen LogP contribution in [0.2, 0.25) is 0 Å².